The van der Waals surface area contributed by atoms with E-state index in [0.717, 1.165) is 18.2 Å². The van der Waals surface area contributed by atoms with Crippen LogP contribution in [0.1, 0.15) is 141 Å². The molecule has 0 aromatic rings. The minimum absolute atomic E-state index is 0.828. The Balaban J connectivity index is 3.02. The Morgan fingerprint density at radius 2 is 0.552 bits per heavy atom. The van der Waals surface area contributed by atoms with E-state index in [1.807, 2.05) is 0 Å². The average Bonchev–Trinajstić information content (AvgIpc) is 2.67. The lowest BCUT2D eigenvalue weighted by molar-refractivity contribution is 0.520. The van der Waals surface area contributed by atoms with Crippen LogP contribution in [0.3, 0.4) is 0 Å². The molecule has 0 atom stereocenters. The molecule has 176 valence electrons. The van der Waals surface area contributed by atoms with Gasteiger partial charge in [-0.25, -0.2) is 0 Å². The SMILES string of the molecule is SCCCCCCCCCCCCCCCCCCCCCCCC[Si](Cl)(Cl)Cl. The molecule has 0 aromatic heterocycles. The van der Waals surface area contributed by atoms with Crippen LogP contribution in [0.2, 0.25) is 6.04 Å². The first-order valence-corrected chi connectivity index (χ1v) is 18.6. The molecule has 0 bridgehead atoms. The monoisotopic (exact) mass is 502 g/mol. The van der Waals surface area contributed by atoms with Crippen LogP contribution in [-0.4, -0.2) is 11.8 Å². The molecule has 29 heavy (non-hydrogen) atoms. The lowest BCUT2D eigenvalue weighted by atomic mass is 10.0. The number of hydrogen-bond donors (Lipinski definition) is 1. The first-order chi connectivity index (χ1) is 14.1. The number of hydrogen-bond acceptors (Lipinski definition) is 1. The van der Waals surface area contributed by atoms with Crippen LogP contribution >= 0.6 is 45.9 Å². The number of halogens is 3. The molecule has 0 radical (unpaired) electrons. The van der Waals surface area contributed by atoms with Gasteiger partial charge < -0.3 is 0 Å². The van der Waals surface area contributed by atoms with Crippen LogP contribution in [0.15, 0.2) is 0 Å². The Hall–Kier alpha value is 1.44. The van der Waals surface area contributed by atoms with Crippen molar-refractivity contribution in [1.82, 2.24) is 0 Å². The van der Waals surface area contributed by atoms with Gasteiger partial charge in [0.05, 0.1) is 0 Å². The smallest absolute Gasteiger partial charge is 0.179 e. The molecule has 0 aliphatic heterocycles. The van der Waals surface area contributed by atoms with Crippen molar-refractivity contribution in [3.05, 3.63) is 0 Å². The van der Waals surface area contributed by atoms with E-state index in [0.29, 0.717) is 0 Å². The summed E-state index contributed by atoms with van der Waals surface area (Å²) < 4.78 is 0. The third-order valence-corrected chi connectivity index (χ3v) is 8.81. The molecule has 0 aliphatic carbocycles. The van der Waals surface area contributed by atoms with Gasteiger partial charge in [-0.05, 0) is 18.2 Å². The second-order valence-electron chi connectivity index (χ2n) is 8.87. The highest BCUT2D eigenvalue weighted by atomic mass is 35.8. The van der Waals surface area contributed by atoms with E-state index in [2.05, 4.69) is 12.6 Å². The molecule has 0 N–H and O–H groups in total. The quantitative estimate of drug-likeness (QED) is 0.0575. The van der Waals surface area contributed by atoms with Crippen molar-refractivity contribution in [3.63, 3.8) is 0 Å². The van der Waals surface area contributed by atoms with E-state index < -0.39 is 6.00 Å². The molecule has 0 saturated heterocycles. The predicted octanol–water partition coefficient (Wildman–Crippen LogP) is 11.2. The van der Waals surface area contributed by atoms with Crippen molar-refractivity contribution in [1.29, 1.82) is 0 Å². The summed E-state index contributed by atoms with van der Waals surface area (Å²) in [7, 11) is 0. The zero-order chi connectivity index (χ0) is 21.5. The molecule has 0 amide bonds. The summed E-state index contributed by atoms with van der Waals surface area (Å²) in [4.78, 5) is 0. The predicted molar refractivity (Wildman–Crippen MR) is 144 cm³/mol. The molecule has 0 nitrogen and oxygen atoms in total. The zero-order valence-electron chi connectivity index (χ0n) is 19.1. The highest BCUT2D eigenvalue weighted by Gasteiger charge is 2.23. The first kappa shape index (κ1) is 30.4. The summed E-state index contributed by atoms with van der Waals surface area (Å²) in [5.74, 6) is 1.06. The maximum absolute atomic E-state index is 5.90. The van der Waals surface area contributed by atoms with Crippen molar-refractivity contribution >= 4 is 51.9 Å². The van der Waals surface area contributed by atoms with Crippen LogP contribution in [0, 0.1) is 0 Å². The van der Waals surface area contributed by atoms with E-state index in [1.165, 1.54) is 135 Å². The molecule has 0 heterocycles. The van der Waals surface area contributed by atoms with Crippen molar-refractivity contribution in [3.8, 4) is 0 Å². The van der Waals surface area contributed by atoms with E-state index in [-0.39, 0.29) is 0 Å². The Labute approximate surface area is 204 Å². The Kier molecular flexibility index (Phi) is 25.3. The van der Waals surface area contributed by atoms with Crippen LogP contribution in [0.5, 0.6) is 0 Å². The number of unbranched alkanes of at least 4 members (excludes halogenated alkanes) is 21. The topological polar surface area (TPSA) is 0 Å². The second-order valence-corrected chi connectivity index (χ2v) is 18.6. The maximum atomic E-state index is 5.90. The van der Waals surface area contributed by atoms with Gasteiger partial charge in [0.1, 0.15) is 0 Å². The molecular weight excluding hydrogens is 455 g/mol. The minimum atomic E-state index is -2.36. The molecular formula is C24H49Cl3SSi. The third kappa shape index (κ3) is 29.4. The summed E-state index contributed by atoms with van der Waals surface area (Å²) >= 11 is 22.0. The second kappa shape index (κ2) is 24.1. The largest absolute Gasteiger partial charge is 0.341 e. The molecule has 0 aromatic carbocycles. The fourth-order valence-corrected chi connectivity index (χ4v) is 6.05. The summed E-state index contributed by atoms with van der Waals surface area (Å²) in [5, 5.41) is 0. The van der Waals surface area contributed by atoms with E-state index in [4.69, 9.17) is 33.2 Å². The third-order valence-electron chi connectivity index (χ3n) is 5.87. The van der Waals surface area contributed by atoms with E-state index in [9.17, 15) is 0 Å². The molecule has 5 heteroatoms. The van der Waals surface area contributed by atoms with Gasteiger partial charge in [0.15, 0.2) is 0 Å². The Morgan fingerprint density at radius 1 is 0.345 bits per heavy atom. The fourth-order valence-electron chi connectivity index (χ4n) is 3.97. The number of thiol groups is 1. The van der Waals surface area contributed by atoms with Crippen molar-refractivity contribution in [2.45, 2.75) is 147 Å². The lowest BCUT2D eigenvalue weighted by Crippen LogP contribution is -2.07. The standard InChI is InChI=1S/C24H49Cl3SSi/c25-29(26,27)24-22-20-18-16-14-12-10-8-6-4-2-1-3-5-7-9-11-13-15-17-19-21-23-28/h28H,1-24H2. The summed E-state index contributed by atoms with van der Waals surface area (Å²) in [6.45, 7) is 0. The summed E-state index contributed by atoms with van der Waals surface area (Å²) in [6.07, 6.45) is 30.8. The van der Waals surface area contributed by atoms with Crippen molar-refractivity contribution in [2.24, 2.45) is 0 Å². The van der Waals surface area contributed by atoms with Crippen LogP contribution in [0.4, 0.5) is 0 Å². The van der Waals surface area contributed by atoms with Gasteiger partial charge in [0.2, 0.25) is 0 Å². The fraction of sp³-hybridized carbons (Fsp3) is 1.00. The molecule has 0 fully saturated rings. The number of rotatable bonds is 24. The van der Waals surface area contributed by atoms with Crippen molar-refractivity contribution < 1.29 is 0 Å². The van der Waals surface area contributed by atoms with E-state index in [1.54, 1.807) is 0 Å². The van der Waals surface area contributed by atoms with Gasteiger partial charge in [-0.2, -0.15) is 12.6 Å². The lowest BCUT2D eigenvalue weighted by Gasteiger charge is -2.07. The molecule has 0 spiro atoms. The molecule has 0 rings (SSSR count). The minimum Gasteiger partial charge on any atom is -0.179 e. The van der Waals surface area contributed by atoms with Crippen LogP contribution in [-0.2, 0) is 0 Å². The van der Waals surface area contributed by atoms with Crippen LogP contribution in [0.25, 0.3) is 0 Å². The molecule has 0 saturated carbocycles. The van der Waals surface area contributed by atoms with Gasteiger partial charge in [0.25, 0.3) is 0 Å². The highest BCUT2D eigenvalue weighted by molar-refractivity contribution is 7.80. The average molecular weight is 504 g/mol. The molecule has 0 aliphatic rings. The Bertz CT molecular complexity index is 311. The highest BCUT2D eigenvalue weighted by Crippen LogP contribution is 2.27. The van der Waals surface area contributed by atoms with Gasteiger partial charge in [-0.3, -0.25) is 0 Å². The van der Waals surface area contributed by atoms with Crippen molar-refractivity contribution in [2.75, 3.05) is 5.75 Å². The van der Waals surface area contributed by atoms with Gasteiger partial charge in [-0.15, -0.1) is 33.2 Å². The Morgan fingerprint density at radius 3 is 0.759 bits per heavy atom. The van der Waals surface area contributed by atoms with Gasteiger partial charge in [-0.1, -0.05) is 135 Å². The van der Waals surface area contributed by atoms with Crippen LogP contribution < -0.4 is 0 Å². The molecule has 0 unspecified atom stereocenters. The normalized spacial score (nSPS) is 12.0. The van der Waals surface area contributed by atoms with Gasteiger partial charge >= 0.3 is 6.00 Å². The summed E-state index contributed by atoms with van der Waals surface area (Å²) in [6, 6.07) is -1.53. The van der Waals surface area contributed by atoms with Gasteiger partial charge in [0, 0.05) is 0 Å². The van der Waals surface area contributed by atoms with E-state index >= 15 is 0 Å². The zero-order valence-corrected chi connectivity index (χ0v) is 23.2. The summed E-state index contributed by atoms with van der Waals surface area (Å²) in [5.41, 5.74) is 0. The first-order valence-electron chi connectivity index (χ1n) is 12.7. The maximum Gasteiger partial charge on any atom is 0.341 e.